The molecule has 0 amide bonds. The number of rotatable bonds is 9. The normalized spacial score (nSPS) is 12.1. The third-order valence-electron chi connectivity index (χ3n) is 21.6. The molecule has 0 radical (unpaired) electrons. The van der Waals surface area contributed by atoms with Crippen LogP contribution in [-0.4, -0.2) is 18.3 Å². The molecule has 22 rings (SSSR count). The molecule has 6 heterocycles. The van der Waals surface area contributed by atoms with E-state index in [2.05, 4.69) is 364 Å². The van der Waals surface area contributed by atoms with Crippen LogP contribution in [0.2, 0.25) is 0 Å². The second-order valence-electron chi connectivity index (χ2n) is 27.1. The average Bonchev–Trinajstić information content (AvgIpc) is 1.60. The summed E-state index contributed by atoms with van der Waals surface area (Å²) in [6.07, 6.45) is 0. The van der Waals surface area contributed by atoms with Crippen LogP contribution >= 0.6 is 11.3 Å². The van der Waals surface area contributed by atoms with Gasteiger partial charge in [0.1, 0.15) is 11.2 Å². The van der Waals surface area contributed by atoms with Crippen molar-refractivity contribution >= 4 is 141 Å². The van der Waals surface area contributed by atoms with Crippen molar-refractivity contribution in [3.8, 4) is 78.4 Å². The Morgan fingerprint density at radius 3 is 1.10 bits per heavy atom. The summed E-state index contributed by atoms with van der Waals surface area (Å²) >= 11 is 1.89. The number of nitrogens with zero attached hydrogens (tertiary/aromatic N) is 4. The molecule has 0 atom stereocenters. The zero-order valence-corrected chi connectivity index (χ0v) is 55.9. The molecular formula is C96H58N4OS. The van der Waals surface area contributed by atoms with Gasteiger partial charge in [-0.2, -0.15) is 0 Å². The highest BCUT2D eigenvalue weighted by atomic mass is 32.1. The van der Waals surface area contributed by atoms with Crippen molar-refractivity contribution in [1.82, 2.24) is 18.3 Å². The summed E-state index contributed by atoms with van der Waals surface area (Å²) in [6, 6.07) is 130. The van der Waals surface area contributed by atoms with E-state index in [-0.39, 0.29) is 0 Å². The smallest absolute Gasteiger partial charge is 0.143 e. The van der Waals surface area contributed by atoms with Gasteiger partial charge in [0.25, 0.3) is 0 Å². The summed E-state index contributed by atoms with van der Waals surface area (Å²) in [4.78, 5) is 0. The van der Waals surface area contributed by atoms with Crippen molar-refractivity contribution < 1.29 is 4.42 Å². The van der Waals surface area contributed by atoms with E-state index >= 15 is 0 Å². The van der Waals surface area contributed by atoms with Crippen LogP contribution in [0.5, 0.6) is 0 Å². The van der Waals surface area contributed by atoms with Gasteiger partial charge in [0.05, 0.1) is 44.1 Å². The Morgan fingerprint density at radius 2 is 0.559 bits per heavy atom. The number of para-hydroxylation sites is 7. The molecule has 6 aromatic heterocycles. The first-order valence-electron chi connectivity index (χ1n) is 34.9. The largest absolute Gasteiger partial charge is 0.455 e. The lowest BCUT2D eigenvalue weighted by Gasteiger charge is -2.11. The number of fused-ring (bicyclic) bond motifs is 18. The number of hydrogen-bond acceptors (Lipinski definition) is 2. The predicted molar refractivity (Wildman–Crippen MR) is 431 cm³/mol. The molecule has 0 bridgehead atoms. The van der Waals surface area contributed by atoms with Gasteiger partial charge < -0.3 is 22.7 Å². The Hall–Kier alpha value is -13.3. The van der Waals surface area contributed by atoms with Crippen molar-refractivity contribution in [2.24, 2.45) is 0 Å². The van der Waals surface area contributed by atoms with Gasteiger partial charge in [-0.15, -0.1) is 11.3 Å². The summed E-state index contributed by atoms with van der Waals surface area (Å²) in [5.41, 5.74) is 27.6. The summed E-state index contributed by atoms with van der Waals surface area (Å²) in [6.45, 7) is 0. The van der Waals surface area contributed by atoms with Crippen LogP contribution in [-0.2, 0) is 0 Å². The maximum absolute atomic E-state index is 6.53. The quantitative estimate of drug-likeness (QED) is 0.142. The molecule has 22 aromatic rings. The van der Waals surface area contributed by atoms with Gasteiger partial charge in [-0.1, -0.05) is 218 Å². The minimum Gasteiger partial charge on any atom is -0.455 e. The van der Waals surface area contributed by atoms with Crippen LogP contribution in [0.25, 0.3) is 208 Å². The Balaban J connectivity index is 0.572. The molecular weight excluding hydrogens is 1260 g/mol. The zero-order chi connectivity index (χ0) is 66.7. The lowest BCUT2D eigenvalue weighted by molar-refractivity contribution is 0.670. The zero-order valence-electron chi connectivity index (χ0n) is 55.1. The second-order valence-corrected chi connectivity index (χ2v) is 28.1. The number of hydrogen-bond donors (Lipinski definition) is 0. The Kier molecular flexibility index (Phi) is 12.3. The molecule has 0 spiro atoms. The third-order valence-corrected chi connectivity index (χ3v) is 22.8. The summed E-state index contributed by atoms with van der Waals surface area (Å²) in [5.74, 6) is 0. The van der Waals surface area contributed by atoms with Gasteiger partial charge in [-0.25, -0.2) is 0 Å². The van der Waals surface area contributed by atoms with E-state index in [4.69, 9.17) is 4.42 Å². The first-order valence-corrected chi connectivity index (χ1v) is 35.8. The van der Waals surface area contributed by atoms with Gasteiger partial charge in [0.2, 0.25) is 0 Å². The topological polar surface area (TPSA) is 32.9 Å². The molecule has 0 aliphatic rings. The minimum absolute atomic E-state index is 0.903. The van der Waals surface area contributed by atoms with E-state index in [0.717, 1.165) is 55.6 Å². The van der Waals surface area contributed by atoms with Crippen molar-refractivity contribution in [2.75, 3.05) is 0 Å². The van der Waals surface area contributed by atoms with Gasteiger partial charge in [0.15, 0.2) is 0 Å². The van der Waals surface area contributed by atoms with E-state index in [0.29, 0.717) is 0 Å². The highest BCUT2D eigenvalue weighted by Crippen LogP contribution is 2.46. The fourth-order valence-electron chi connectivity index (χ4n) is 16.9. The third kappa shape index (κ3) is 8.57. The van der Waals surface area contributed by atoms with Crippen molar-refractivity contribution in [3.05, 3.63) is 352 Å². The fraction of sp³-hybridized carbons (Fsp3) is 0. The van der Waals surface area contributed by atoms with Crippen LogP contribution in [0.4, 0.5) is 0 Å². The van der Waals surface area contributed by atoms with Crippen LogP contribution in [0.1, 0.15) is 0 Å². The SMILES string of the molecule is c1ccc(-n2c3ccccc3c3cc(-c4ccc5c(c4)c4ccccc4n5-c4ccc(-c5cccc6c5sc5cc(-c7cccc(-n8c9ccccc9c9cc(-c%10ccc%11c(c%10)c%10ccccc%10n%11-c%10cccc(-c%11cccc%12c%11oc%11ccccc%11%12)c%10)ccc98)c7)ccc56)cc4)ccc32)cc1. The van der Waals surface area contributed by atoms with E-state index in [1.807, 2.05) is 17.4 Å². The molecule has 5 nitrogen and oxygen atoms in total. The van der Waals surface area contributed by atoms with Crippen LogP contribution in [0, 0.1) is 0 Å². The van der Waals surface area contributed by atoms with E-state index in [1.165, 1.54) is 152 Å². The fourth-order valence-corrected chi connectivity index (χ4v) is 18.2. The first-order chi connectivity index (χ1) is 50.6. The molecule has 0 aliphatic carbocycles. The molecule has 0 fully saturated rings. The van der Waals surface area contributed by atoms with Crippen LogP contribution in [0.3, 0.4) is 0 Å². The molecule has 0 aliphatic heterocycles. The maximum atomic E-state index is 6.53. The van der Waals surface area contributed by atoms with Gasteiger partial charge in [0, 0.05) is 102 Å². The average molecular weight is 1320 g/mol. The molecule has 102 heavy (non-hydrogen) atoms. The van der Waals surface area contributed by atoms with Gasteiger partial charge >= 0.3 is 0 Å². The highest BCUT2D eigenvalue weighted by molar-refractivity contribution is 7.26. The summed E-state index contributed by atoms with van der Waals surface area (Å²) in [5, 5.41) is 14.7. The Bertz CT molecular complexity index is 7250. The van der Waals surface area contributed by atoms with Crippen molar-refractivity contribution in [1.29, 1.82) is 0 Å². The molecule has 0 saturated carbocycles. The molecule has 474 valence electrons. The van der Waals surface area contributed by atoms with E-state index in [9.17, 15) is 0 Å². The van der Waals surface area contributed by atoms with Crippen molar-refractivity contribution in [3.63, 3.8) is 0 Å². The lowest BCUT2D eigenvalue weighted by Crippen LogP contribution is -1.94. The number of furan rings is 1. The predicted octanol–water partition coefficient (Wildman–Crippen LogP) is 26.7. The van der Waals surface area contributed by atoms with Gasteiger partial charge in [-0.3, -0.25) is 0 Å². The van der Waals surface area contributed by atoms with Crippen LogP contribution < -0.4 is 0 Å². The number of thiophene rings is 1. The second kappa shape index (κ2) is 22.1. The molecule has 0 saturated heterocycles. The first kappa shape index (κ1) is 56.7. The molecule has 16 aromatic carbocycles. The van der Waals surface area contributed by atoms with Gasteiger partial charge in [-0.05, 0) is 184 Å². The molecule has 6 heteroatoms. The highest BCUT2D eigenvalue weighted by Gasteiger charge is 2.22. The summed E-state index contributed by atoms with van der Waals surface area (Å²) in [7, 11) is 0. The minimum atomic E-state index is 0.903. The Morgan fingerprint density at radius 1 is 0.196 bits per heavy atom. The van der Waals surface area contributed by atoms with E-state index < -0.39 is 0 Å². The molecule has 0 unspecified atom stereocenters. The number of aromatic nitrogens is 4. The monoisotopic (exact) mass is 1310 g/mol. The Labute approximate surface area is 589 Å². The van der Waals surface area contributed by atoms with E-state index in [1.54, 1.807) is 0 Å². The molecule has 0 N–H and O–H groups in total. The maximum Gasteiger partial charge on any atom is 0.143 e. The lowest BCUT2D eigenvalue weighted by atomic mass is 10.00. The van der Waals surface area contributed by atoms with Crippen molar-refractivity contribution in [2.45, 2.75) is 0 Å². The number of benzene rings is 16. The standard InChI is InChI=1S/C96H58N4OS/c1-2-20-67(21-3-1)97-85-33-9-4-24-73(85)81-54-61(41-48-89(81)97)62-42-49-90-82(55-62)74-25-5-10-34-86(74)98(90)68-45-38-59(39-46-68)72-30-17-32-80-78-47-40-65(58-94(78)102-96(72)80)60-18-14-22-69(52-60)99-87-35-11-6-26-75(87)83-56-63(43-50-91(83)99)64-44-51-92-84(57-64)76-27-7-12-36-88(76)100(92)70-23-15-19-66(53-70)71-29-16-31-79-77-28-8-13-37-93(77)101-95(71)79/h1-58H. The summed E-state index contributed by atoms with van der Waals surface area (Å²) < 4.78 is 18.8. The van der Waals surface area contributed by atoms with Crippen LogP contribution in [0.15, 0.2) is 356 Å².